The highest BCUT2D eigenvalue weighted by Crippen LogP contribution is 2.30. The van der Waals surface area contributed by atoms with Gasteiger partial charge in [0.15, 0.2) is 11.5 Å². The van der Waals surface area contributed by atoms with Crippen LogP contribution < -0.4 is 26.0 Å². The van der Waals surface area contributed by atoms with Crippen molar-refractivity contribution in [3.63, 3.8) is 0 Å². The molecule has 1 atom stereocenters. The molecule has 2 aromatic carbocycles. The number of hydrogen-bond acceptors (Lipinski definition) is 6. The van der Waals surface area contributed by atoms with Gasteiger partial charge in [0.1, 0.15) is 17.8 Å². The minimum Gasteiger partial charge on any atom is -0.485 e. The highest BCUT2D eigenvalue weighted by Gasteiger charge is 2.27. The number of hydrogen-bond donors (Lipinski definition) is 2. The molecule has 1 aliphatic rings. The van der Waals surface area contributed by atoms with Crippen LogP contribution in [-0.4, -0.2) is 24.5 Å². The maximum Gasteiger partial charge on any atom is 0.349 e. The molecule has 2 amide bonds. The van der Waals surface area contributed by atoms with E-state index in [1.807, 2.05) is 0 Å². The third-order valence-electron chi connectivity index (χ3n) is 3.99. The largest absolute Gasteiger partial charge is 0.485 e. The van der Waals surface area contributed by atoms with Gasteiger partial charge in [-0.2, -0.15) is 0 Å². The van der Waals surface area contributed by atoms with Crippen molar-refractivity contribution < 1.29 is 23.5 Å². The van der Waals surface area contributed by atoms with Crippen molar-refractivity contribution >= 4 is 22.8 Å². The highest BCUT2D eigenvalue weighted by atomic mass is 16.6. The summed E-state index contributed by atoms with van der Waals surface area (Å²) in [7, 11) is 0. The smallest absolute Gasteiger partial charge is 0.349 e. The third-order valence-corrected chi connectivity index (χ3v) is 3.99. The van der Waals surface area contributed by atoms with Crippen molar-refractivity contribution in [1.82, 2.24) is 10.9 Å². The van der Waals surface area contributed by atoms with E-state index in [1.54, 1.807) is 48.5 Å². The van der Waals surface area contributed by atoms with Gasteiger partial charge in [0.2, 0.25) is 6.10 Å². The Balaban J connectivity index is 1.43. The minimum atomic E-state index is -0.937. The Morgan fingerprint density at radius 1 is 0.963 bits per heavy atom. The van der Waals surface area contributed by atoms with E-state index in [0.717, 1.165) is 0 Å². The van der Waals surface area contributed by atoms with Crippen molar-refractivity contribution in [3.8, 4) is 11.5 Å². The van der Waals surface area contributed by atoms with Crippen LogP contribution in [0.25, 0.3) is 11.0 Å². The fourth-order valence-corrected chi connectivity index (χ4v) is 2.64. The van der Waals surface area contributed by atoms with Crippen LogP contribution in [0.5, 0.6) is 11.5 Å². The number of fused-ring (bicyclic) bond motifs is 2. The van der Waals surface area contributed by atoms with Crippen LogP contribution in [0, 0.1) is 0 Å². The summed E-state index contributed by atoms with van der Waals surface area (Å²) < 4.78 is 16.1. The second-order valence-corrected chi connectivity index (χ2v) is 5.79. The molecule has 0 radical (unpaired) electrons. The van der Waals surface area contributed by atoms with E-state index in [9.17, 15) is 14.4 Å². The quantitative estimate of drug-likeness (QED) is 0.524. The van der Waals surface area contributed by atoms with Gasteiger partial charge < -0.3 is 13.9 Å². The van der Waals surface area contributed by atoms with Crippen molar-refractivity contribution in [2.75, 3.05) is 6.61 Å². The van der Waals surface area contributed by atoms with Crippen LogP contribution in [0.15, 0.2) is 63.8 Å². The summed E-state index contributed by atoms with van der Waals surface area (Å²) in [5, 5.41) is 0.592. The molecule has 136 valence electrons. The van der Waals surface area contributed by atoms with Crippen molar-refractivity contribution in [3.05, 3.63) is 70.6 Å². The molecule has 2 heterocycles. The SMILES string of the molecule is O=C(NNC(=O)C1COc2ccccc2O1)c1cc2ccccc2oc1=O. The van der Waals surface area contributed by atoms with E-state index < -0.39 is 23.5 Å². The normalized spacial score (nSPS) is 15.2. The second kappa shape index (κ2) is 6.83. The zero-order chi connectivity index (χ0) is 18.8. The van der Waals surface area contributed by atoms with Gasteiger partial charge in [0.25, 0.3) is 11.8 Å². The fraction of sp³-hybridized carbons (Fsp3) is 0.105. The van der Waals surface area contributed by atoms with Gasteiger partial charge in [-0.3, -0.25) is 20.4 Å². The van der Waals surface area contributed by atoms with Crippen LogP contribution in [0.3, 0.4) is 0 Å². The highest BCUT2D eigenvalue weighted by molar-refractivity contribution is 5.97. The molecule has 0 aliphatic carbocycles. The molecular weight excluding hydrogens is 352 g/mol. The minimum absolute atomic E-state index is 0.00314. The Morgan fingerprint density at radius 3 is 2.56 bits per heavy atom. The van der Waals surface area contributed by atoms with Crippen LogP contribution >= 0.6 is 0 Å². The number of amides is 2. The lowest BCUT2D eigenvalue weighted by Gasteiger charge is -2.25. The van der Waals surface area contributed by atoms with Gasteiger partial charge in [0.05, 0.1) is 0 Å². The van der Waals surface area contributed by atoms with Crippen LogP contribution in [0.2, 0.25) is 0 Å². The van der Waals surface area contributed by atoms with Gasteiger partial charge in [-0.1, -0.05) is 30.3 Å². The molecule has 4 rings (SSSR count). The molecule has 8 nitrogen and oxygen atoms in total. The molecule has 2 N–H and O–H groups in total. The van der Waals surface area contributed by atoms with Crippen LogP contribution in [0.4, 0.5) is 0 Å². The van der Waals surface area contributed by atoms with Crippen LogP contribution in [0.1, 0.15) is 10.4 Å². The van der Waals surface area contributed by atoms with E-state index in [1.165, 1.54) is 6.07 Å². The van der Waals surface area contributed by atoms with Crippen molar-refractivity contribution in [2.24, 2.45) is 0 Å². The molecule has 1 aromatic heterocycles. The molecule has 0 bridgehead atoms. The first-order chi connectivity index (χ1) is 13.1. The average molecular weight is 366 g/mol. The topological polar surface area (TPSA) is 107 Å². The maximum atomic E-state index is 12.2. The van der Waals surface area contributed by atoms with Crippen molar-refractivity contribution in [1.29, 1.82) is 0 Å². The number of rotatable bonds is 2. The zero-order valence-electron chi connectivity index (χ0n) is 13.9. The van der Waals surface area contributed by atoms with E-state index in [2.05, 4.69) is 10.9 Å². The molecule has 0 fully saturated rings. The van der Waals surface area contributed by atoms with Gasteiger partial charge in [0, 0.05) is 5.39 Å². The van der Waals surface area contributed by atoms with E-state index in [-0.39, 0.29) is 12.2 Å². The standard InChI is InChI=1S/C19H14N2O6/c22-17(12-9-11-5-1-2-6-13(11)27-19(12)24)20-21-18(23)16-10-25-14-7-3-4-8-15(14)26-16/h1-9,16H,10H2,(H,20,22)(H,21,23). The van der Waals surface area contributed by atoms with E-state index in [4.69, 9.17) is 13.9 Å². The first-order valence-electron chi connectivity index (χ1n) is 8.13. The predicted octanol–water partition coefficient (Wildman–Crippen LogP) is 1.39. The molecule has 0 saturated heterocycles. The molecule has 27 heavy (non-hydrogen) atoms. The van der Waals surface area contributed by atoms with E-state index >= 15 is 0 Å². The lowest BCUT2D eigenvalue weighted by atomic mass is 10.2. The Hall–Kier alpha value is -3.81. The molecule has 0 saturated carbocycles. The fourth-order valence-electron chi connectivity index (χ4n) is 2.64. The Labute approximate surface area is 152 Å². The number of hydrazine groups is 1. The molecule has 1 unspecified atom stereocenters. The van der Waals surface area contributed by atoms with Gasteiger partial charge in [-0.25, -0.2) is 4.79 Å². The summed E-state index contributed by atoms with van der Waals surface area (Å²) >= 11 is 0. The summed E-state index contributed by atoms with van der Waals surface area (Å²) in [5.74, 6) is -0.423. The maximum absolute atomic E-state index is 12.2. The van der Waals surface area contributed by atoms with Crippen LogP contribution in [-0.2, 0) is 4.79 Å². The van der Waals surface area contributed by atoms with E-state index in [0.29, 0.717) is 22.5 Å². The predicted molar refractivity (Wildman–Crippen MR) is 94.4 cm³/mol. The first-order valence-corrected chi connectivity index (χ1v) is 8.13. The summed E-state index contributed by atoms with van der Waals surface area (Å²) in [4.78, 5) is 36.4. The number of ether oxygens (including phenoxy) is 2. The summed E-state index contributed by atoms with van der Waals surface area (Å²) in [6.07, 6.45) is -0.937. The Morgan fingerprint density at radius 2 is 1.70 bits per heavy atom. The number of para-hydroxylation sites is 3. The lowest BCUT2D eigenvalue weighted by molar-refractivity contribution is -0.131. The number of carbonyl (C=O) groups excluding carboxylic acids is 2. The Bertz CT molecular complexity index is 1090. The van der Waals surface area contributed by atoms with Gasteiger partial charge >= 0.3 is 5.63 Å². The molecule has 8 heteroatoms. The summed E-state index contributed by atoms with van der Waals surface area (Å²) in [6, 6.07) is 15.1. The summed E-state index contributed by atoms with van der Waals surface area (Å²) in [5.41, 5.74) is 3.77. The monoisotopic (exact) mass is 366 g/mol. The zero-order valence-corrected chi connectivity index (χ0v) is 13.9. The molecular formula is C19H14N2O6. The van der Waals surface area contributed by atoms with Gasteiger partial charge in [-0.15, -0.1) is 0 Å². The Kier molecular flexibility index (Phi) is 4.21. The molecule has 3 aromatic rings. The number of nitrogens with one attached hydrogen (secondary N) is 2. The van der Waals surface area contributed by atoms with Gasteiger partial charge in [-0.05, 0) is 24.3 Å². The lowest BCUT2D eigenvalue weighted by Crippen LogP contribution is -2.51. The average Bonchev–Trinajstić information content (AvgIpc) is 2.70. The molecule has 0 spiro atoms. The van der Waals surface area contributed by atoms with Crippen molar-refractivity contribution in [2.45, 2.75) is 6.10 Å². The number of benzene rings is 2. The first kappa shape index (κ1) is 16.6. The third kappa shape index (κ3) is 3.32. The summed E-state index contributed by atoms with van der Waals surface area (Å²) in [6.45, 7) is -0.00314. The molecule has 1 aliphatic heterocycles. The number of carbonyl (C=O) groups is 2. The second-order valence-electron chi connectivity index (χ2n) is 5.79.